The highest BCUT2D eigenvalue weighted by Gasteiger charge is 2.20. The van der Waals surface area contributed by atoms with E-state index < -0.39 is 5.97 Å². The Morgan fingerprint density at radius 1 is 1.29 bits per heavy atom. The smallest absolute Gasteiger partial charge is 0.356 e. The van der Waals surface area contributed by atoms with Crippen LogP contribution in [0.5, 0.6) is 0 Å². The number of hydrogen-bond donors (Lipinski definition) is 1. The molecule has 114 valence electrons. The largest absolute Gasteiger partial charge is 0.476 e. The molecule has 0 atom stereocenters. The van der Waals surface area contributed by atoms with Crippen molar-refractivity contribution in [2.75, 3.05) is 45.4 Å². The van der Waals surface area contributed by atoms with Gasteiger partial charge in [-0.15, -0.1) is 0 Å². The molecule has 1 heterocycles. The molecule has 0 aliphatic heterocycles. The summed E-state index contributed by atoms with van der Waals surface area (Å²) in [6, 6.07) is 1.95. The van der Waals surface area contributed by atoms with Crippen LogP contribution >= 0.6 is 0 Å². The van der Waals surface area contributed by atoms with Crippen LogP contribution in [0, 0.1) is 18.3 Å². The van der Waals surface area contributed by atoms with Crippen molar-refractivity contribution in [1.82, 2.24) is 9.97 Å². The van der Waals surface area contributed by atoms with Gasteiger partial charge in [-0.25, -0.2) is 14.8 Å². The summed E-state index contributed by atoms with van der Waals surface area (Å²) in [4.78, 5) is 21.0. The van der Waals surface area contributed by atoms with Gasteiger partial charge >= 0.3 is 5.97 Å². The van der Waals surface area contributed by atoms with Crippen LogP contribution in [0.15, 0.2) is 0 Å². The number of methoxy groups -OCH3 is 2. The Hall–Kier alpha value is -2.24. The number of anilines is 1. The van der Waals surface area contributed by atoms with Crippen molar-refractivity contribution in [2.24, 2.45) is 0 Å². The van der Waals surface area contributed by atoms with E-state index in [2.05, 4.69) is 9.97 Å². The quantitative estimate of drug-likeness (QED) is 0.736. The maximum absolute atomic E-state index is 11.2. The molecule has 0 aliphatic rings. The van der Waals surface area contributed by atoms with E-state index >= 15 is 0 Å². The molecule has 0 saturated carbocycles. The summed E-state index contributed by atoms with van der Waals surface area (Å²) in [6.07, 6.45) is 0. The van der Waals surface area contributed by atoms with Crippen LogP contribution in [0.1, 0.15) is 21.9 Å². The molecule has 8 nitrogen and oxygen atoms in total. The van der Waals surface area contributed by atoms with Crippen LogP contribution in [0.3, 0.4) is 0 Å². The zero-order valence-corrected chi connectivity index (χ0v) is 12.3. The van der Waals surface area contributed by atoms with Gasteiger partial charge in [0.2, 0.25) is 0 Å². The number of ether oxygens (including phenoxy) is 2. The van der Waals surface area contributed by atoms with Crippen molar-refractivity contribution in [3.8, 4) is 6.07 Å². The Morgan fingerprint density at radius 2 is 1.86 bits per heavy atom. The minimum atomic E-state index is -1.18. The lowest BCUT2D eigenvalue weighted by molar-refractivity contribution is 0.0689. The number of aryl methyl sites for hydroxylation is 1. The van der Waals surface area contributed by atoms with E-state index in [0.717, 1.165) is 0 Å². The molecule has 0 radical (unpaired) electrons. The molecule has 0 amide bonds. The summed E-state index contributed by atoms with van der Waals surface area (Å²) in [6.45, 7) is 3.23. The molecule has 0 spiro atoms. The van der Waals surface area contributed by atoms with Gasteiger partial charge in [0, 0.05) is 27.3 Å². The molecular formula is C13H18N4O4. The normalized spacial score (nSPS) is 10.2. The molecule has 8 heteroatoms. The Balaban J connectivity index is 3.23. The minimum Gasteiger partial charge on any atom is -0.476 e. The number of nitriles is 1. The summed E-state index contributed by atoms with van der Waals surface area (Å²) < 4.78 is 10.0. The van der Waals surface area contributed by atoms with Crippen molar-refractivity contribution >= 4 is 11.8 Å². The van der Waals surface area contributed by atoms with Crippen molar-refractivity contribution < 1.29 is 19.4 Å². The summed E-state index contributed by atoms with van der Waals surface area (Å²) in [7, 11) is 3.12. The first-order valence-corrected chi connectivity index (χ1v) is 6.30. The lowest BCUT2D eigenvalue weighted by Gasteiger charge is -2.24. The maximum atomic E-state index is 11.2. The van der Waals surface area contributed by atoms with Crippen molar-refractivity contribution in [1.29, 1.82) is 5.26 Å². The van der Waals surface area contributed by atoms with Crippen LogP contribution in [-0.2, 0) is 9.47 Å². The monoisotopic (exact) mass is 294 g/mol. The Morgan fingerprint density at radius 3 is 2.29 bits per heavy atom. The van der Waals surface area contributed by atoms with E-state index in [1.54, 1.807) is 19.1 Å². The van der Waals surface area contributed by atoms with Crippen LogP contribution in [-0.4, -0.2) is 61.6 Å². The second kappa shape index (κ2) is 8.14. The van der Waals surface area contributed by atoms with E-state index in [0.29, 0.717) is 26.3 Å². The van der Waals surface area contributed by atoms with Gasteiger partial charge in [-0.05, 0) is 6.92 Å². The lowest BCUT2D eigenvalue weighted by Crippen LogP contribution is -2.33. The number of nitrogens with zero attached hydrogens (tertiary/aromatic N) is 4. The molecular weight excluding hydrogens is 276 g/mol. The van der Waals surface area contributed by atoms with Gasteiger partial charge in [-0.1, -0.05) is 0 Å². The number of carboxylic acids is 1. The van der Waals surface area contributed by atoms with Crippen LogP contribution < -0.4 is 4.90 Å². The minimum absolute atomic E-state index is 0.0877. The highest BCUT2D eigenvalue weighted by atomic mass is 16.5. The molecule has 0 aliphatic carbocycles. The summed E-state index contributed by atoms with van der Waals surface area (Å²) >= 11 is 0. The van der Waals surface area contributed by atoms with Crippen molar-refractivity contribution in [2.45, 2.75) is 6.92 Å². The highest BCUT2D eigenvalue weighted by molar-refractivity contribution is 5.87. The predicted octanol–water partition coefficient (Wildman–Crippen LogP) is 0.454. The first-order chi connectivity index (χ1) is 10.0. The molecule has 21 heavy (non-hydrogen) atoms. The first kappa shape index (κ1) is 16.8. The summed E-state index contributed by atoms with van der Waals surface area (Å²) in [5.41, 5.74) is 0.134. The second-order valence-corrected chi connectivity index (χ2v) is 4.22. The molecule has 0 bridgehead atoms. The Kier molecular flexibility index (Phi) is 6.52. The number of hydrogen-bond acceptors (Lipinski definition) is 7. The number of aromatic nitrogens is 2. The van der Waals surface area contributed by atoms with Gasteiger partial charge in [0.25, 0.3) is 0 Å². The van der Waals surface area contributed by atoms with Crippen LogP contribution in [0.25, 0.3) is 0 Å². The maximum Gasteiger partial charge on any atom is 0.356 e. The molecule has 1 aromatic rings. The molecule has 1 N–H and O–H groups in total. The number of rotatable bonds is 8. The summed E-state index contributed by atoms with van der Waals surface area (Å²) in [5.74, 6) is -0.946. The van der Waals surface area contributed by atoms with Crippen LogP contribution in [0.4, 0.5) is 5.82 Å². The van der Waals surface area contributed by atoms with E-state index in [1.165, 1.54) is 6.92 Å². The van der Waals surface area contributed by atoms with E-state index in [4.69, 9.17) is 14.6 Å². The van der Waals surface area contributed by atoms with Crippen LogP contribution in [0.2, 0.25) is 0 Å². The third-order valence-corrected chi connectivity index (χ3v) is 2.79. The topological polar surface area (TPSA) is 109 Å². The van der Waals surface area contributed by atoms with Gasteiger partial charge in [0.1, 0.15) is 6.07 Å². The number of carbonyl (C=O) groups is 1. The van der Waals surface area contributed by atoms with Gasteiger partial charge in [-0.2, -0.15) is 5.26 Å². The Bertz CT molecular complexity index is 534. The third kappa shape index (κ3) is 4.37. The van der Waals surface area contributed by atoms with E-state index in [-0.39, 0.29) is 22.9 Å². The first-order valence-electron chi connectivity index (χ1n) is 6.30. The summed E-state index contributed by atoms with van der Waals surface area (Å²) in [5, 5.41) is 18.3. The van der Waals surface area contributed by atoms with Gasteiger partial charge in [-0.3, -0.25) is 0 Å². The molecule has 0 saturated heterocycles. The molecule has 0 aromatic carbocycles. The average molecular weight is 294 g/mol. The molecule has 1 aromatic heterocycles. The van der Waals surface area contributed by atoms with Crippen molar-refractivity contribution in [3.05, 3.63) is 17.1 Å². The molecule has 0 fully saturated rings. The SMILES string of the molecule is COCCN(CCOC)c1nc(C(=O)O)c(C)nc1C#N. The van der Waals surface area contributed by atoms with Crippen molar-refractivity contribution in [3.63, 3.8) is 0 Å². The van der Waals surface area contributed by atoms with Gasteiger partial charge in [0.15, 0.2) is 17.2 Å². The Labute approximate surface area is 122 Å². The fourth-order valence-corrected chi connectivity index (χ4v) is 1.74. The van der Waals surface area contributed by atoms with Gasteiger partial charge in [0.05, 0.1) is 18.9 Å². The molecule has 0 unspecified atom stereocenters. The second-order valence-electron chi connectivity index (χ2n) is 4.22. The molecule has 1 rings (SSSR count). The zero-order chi connectivity index (χ0) is 15.8. The number of aromatic carboxylic acids is 1. The predicted molar refractivity (Wildman–Crippen MR) is 74.4 cm³/mol. The fraction of sp³-hybridized carbons (Fsp3) is 0.538. The van der Waals surface area contributed by atoms with Gasteiger partial charge < -0.3 is 19.5 Å². The average Bonchev–Trinajstić information content (AvgIpc) is 2.47. The van der Waals surface area contributed by atoms with E-state index in [1.807, 2.05) is 6.07 Å². The zero-order valence-electron chi connectivity index (χ0n) is 12.3. The standard InChI is InChI=1S/C13H18N4O4/c1-9-11(13(18)19)16-12(10(8-14)15-9)17(4-6-20-2)5-7-21-3/h4-7H2,1-3H3,(H,18,19). The number of carboxylic acid groups (broad SMARTS) is 1. The lowest BCUT2D eigenvalue weighted by atomic mass is 10.3. The fourth-order valence-electron chi connectivity index (χ4n) is 1.74. The third-order valence-electron chi connectivity index (χ3n) is 2.79. The highest BCUT2D eigenvalue weighted by Crippen LogP contribution is 2.18. The van der Waals surface area contributed by atoms with E-state index in [9.17, 15) is 10.1 Å².